The van der Waals surface area contributed by atoms with E-state index in [-0.39, 0.29) is 0 Å². The second-order valence-corrected chi connectivity index (χ2v) is 5.08. The van der Waals surface area contributed by atoms with Gasteiger partial charge in [-0.2, -0.15) is 0 Å². The first-order valence-corrected chi connectivity index (χ1v) is 6.86. The van der Waals surface area contributed by atoms with Gasteiger partial charge in [0.15, 0.2) is 23.3 Å². The van der Waals surface area contributed by atoms with Gasteiger partial charge in [-0.25, -0.2) is 13.8 Å². The molecule has 0 radical (unpaired) electrons. The number of rotatable bonds is 6. The lowest BCUT2D eigenvalue weighted by Crippen LogP contribution is -2.17. The Balaban J connectivity index is 1.58. The SMILES string of the molecule is Fc1ccc(-c2cnc(CCCNC3CC3)o2)cc1F. The fourth-order valence-corrected chi connectivity index (χ4v) is 2.04. The number of hydrogen-bond acceptors (Lipinski definition) is 3. The van der Waals surface area contributed by atoms with Crippen LogP contribution in [0.15, 0.2) is 28.8 Å². The first-order valence-electron chi connectivity index (χ1n) is 6.86. The fraction of sp³-hybridized carbons (Fsp3) is 0.400. The van der Waals surface area contributed by atoms with Crippen molar-refractivity contribution >= 4 is 0 Å². The maximum Gasteiger partial charge on any atom is 0.194 e. The van der Waals surface area contributed by atoms with E-state index in [2.05, 4.69) is 10.3 Å². The van der Waals surface area contributed by atoms with Gasteiger partial charge in [-0.05, 0) is 44.0 Å². The average molecular weight is 278 g/mol. The summed E-state index contributed by atoms with van der Waals surface area (Å²) in [6.07, 6.45) is 5.80. The zero-order valence-electron chi connectivity index (χ0n) is 11.0. The van der Waals surface area contributed by atoms with Crippen molar-refractivity contribution in [2.75, 3.05) is 6.54 Å². The molecule has 1 fully saturated rings. The standard InChI is InChI=1S/C15H16F2N2O/c16-12-6-3-10(8-13(12)17)14-9-19-15(20-14)2-1-7-18-11-4-5-11/h3,6,8-9,11,18H,1-2,4-5,7H2. The van der Waals surface area contributed by atoms with Crippen LogP contribution in [-0.4, -0.2) is 17.6 Å². The molecule has 5 heteroatoms. The molecule has 0 amide bonds. The molecular weight excluding hydrogens is 262 g/mol. The molecule has 2 aromatic rings. The van der Waals surface area contributed by atoms with E-state index in [4.69, 9.17) is 4.42 Å². The molecule has 1 N–H and O–H groups in total. The summed E-state index contributed by atoms with van der Waals surface area (Å²) in [4.78, 5) is 4.17. The second-order valence-electron chi connectivity index (χ2n) is 5.08. The minimum absolute atomic E-state index is 0.467. The number of hydrogen-bond donors (Lipinski definition) is 1. The highest BCUT2D eigenvalue weighted by Gasteiger charge is 2.19. The van der Waals surface area contributed by atoms with Crippen molar-refractivity contribution in [3.63, 3.8) is 0 Å². The van der Waals surface area contributed by atoms with Gasteiger partial charge in [0.1, 0.15) is 0 Å². The van der Waals surface area contributed by atoms with Gasteiger partial charge >= 0.3 is 0 Å². The molecule has 0 atom stereocenters. The van der Waals surface area contributed by atoms with Crippen molar-refractivity contribution in [1.82, 2.24) is 10.3 Å². The van der Waals surface area contributed by atoms with Crippen molar-refractivity contribution in [3.8, 4) is 11.3 Å². The molecule has 20 heavy (non-hydrogen) atoms. The molecule has 1 heterocycles. The summed E-state index contributed by atoms with van der Waals surface area (Å²) in [7, 11) is 0. The van der Waals surface area contributed by atoms with Gasteiger partial charge in [-0.1, -0.05) is 0 Å². The van der Waals surface area contributed by atoms with Crippen LogP contribution in [0, 0.1) is 11.6 Å². The highest BCUT2D eigenvalue weighted by Crippen LogP contribution is 2.23. The van der Waals surface area contributed by atoms with E-state index >= 15 is 0 Å². The van der Waals surface area contributed by atoms with Gasteiger partial charge in [0.2, 0.25) is 0 Å². The topological polar surface area (TPSA) is 38.1 Å². The van der Waals surface area contributed by atoms with E-state index in [1.807, 2.05) is 0 Å². The summed E-state index contributed by atoms with van der Waals surface area (Å²) in [6.45, 7) is 0.952. The Bertz CT molecular complexity index is 593. The Hall–Kier alpha value is -1.75. The van der Waals surface area contributed by atoms with Gasteiger partial charge in [-0.15, -0.1) is 0 Å². The molecule has 0 unspecified atom stereocenters. The Kier molecular flexibility index (Phi) is 3.78. The Morgan fingerprint density at radius 3 is 2.85 bits per heavy atom. The molecule has 106 valence electrons. The van der Waals surface area contributed by atoms with Crippen LogP contribution in [0.3, 0.4) is 0 Å². The number of aryl methyl sites for hydroxylation is 1. The third kappa shape index (κ3) is 3.22. The van der Waals surface area contributed by atoms with Crippen LogP contribution in [0.4, 0.5) is 8.78 Å². The van der Waals surface area contributed by atoms with Gasteiger partial charge in [-0.3, -0.25) is 0 Å². The third-order valence-electron chi connectivity index (χ3n) is 3.34. The number of oxazole rings is 1. The molecule has 3 nitrogen and oxygen atoms in total. The summed E-state index contributed by atoms with van der Waals surface area (Å²) < 4.78 is 31.6. The van der Waals surface area contributed by atoms with Gasteiger partial charge < -0.3 is 9.73 Å². The third-order valence-corrected chi connectivity index (χ3v) is 3.34. The highest BCUT2D eigenvalue weighted by molar-refractivity contribution is 5.56. The normalized spacial score (nSPS) is 14.7. The lowest BCUT2D eigenvalue weighted by atomic mass is 10.2. The lowest BCUT2D eigenvalue weighted by Gasteiger charge is -2.00. The monoisotopic (exact) mass is 278 g/mol. The number of nitrogens with zero attached hydrogens (tertiary/aromatic N) is 1. The van der Waals surface area contributed by atoms with Crippen molar-refractivity contribution < 1.29 is 13.2 Å². The molecule has 1 aromatic heterocycles. The van der Waals surface area contributed by atoms with Crippen molar-refractivity contribution in [2.45, 2.75) is 31.7 Å². The summed E-state index contributed by atoms with van der Waals surface area (Å²) in [5, 5.41) is 3.42. The van der Waals surface area contributed by atoms with Crippen LogP contribution in [-0.2, 0) is 6.42 Å². The Morgan fingerprint density at radius 2 is 2.10 bits per heavy atom. The van der Waals surface area contributed by atoms with E-state index in [0.29, 0.717) is 23.3 Å². The van der Waals surface area contributed by atoms with Crippen LogP contribution in [0.2, 0.25) is 0 Å². The molecule has 0 spiro atoms. The van der Waals surface area contributed by atoms with Crippen LogP contribution in [0.25, 0.3) is 11.3 Å². The molecule has 0 saturated heterocycles. The zero-order valence-corrected chi connectivity index (χ0v) is 11.0. The van der Waals surface area contributed by atoms with E-state index in [1.165, 1.54) is 18.9 Å². The summed E-state index contributed by atoms with van der Waals surface area (Å²) >= 11 is 0. The van der Waals surface area contributed by atoms with E-state index < -0.39 is 11.6 Å². The molecule has 1 aliphatic carbocycles. The van der Waals surface area contributed by atoms with Gasteiger partial charge in [0, 0.05) is 18.0 Å². The smallest absolute Gasteiger partial charge is 0.194 e. The second kappa shape index (κ2) is 5.71. The summed E-state index contributed by atoms with van der Waals surface area (Å²) in [5.74, 6) is -0.648. The predicted molar refractivity (Wildman–Crippen MR) is 71.2 cm³/mol. The maximum atomic E-state index is 13.2. The maximum absolute atomic E-state index is 13.2. The number of aromatic nitrogens is 1. The number of halogens is 2. The molecule has 1 aromatic carbocycles. The summed E-state index contributed by atoms with van der Waals surface area (Å²) in [5.41, 5.74) is 0.499. The number of benzene rings is 1. The van der Waals surface area contributed by atoms with E-state index in [1.54, 1.807) is 6.20 Å². The van der Waals surface area contributed by atoms with Gasteiger partial charge in [0.25, 0.3) is 0 Å². The lowest BCUT2D eigenvalue weighted by molar-refractivity contribution is 0.488. The van der Waals surface area contributed by atoms with E-state index in [9.17, 15) is 8.78 Å². The zero-order chi connectivity index (χ0) is 13.9. The Labute approximate surface area is 116 Å². The van der Waals surface area contributed by atoms with Crippen molar-refractivity contribution in [3.05, 3.63) is 41.9 Å². The minimum Gasteiger partial charge on any atom is -0.441 e. The molecule has 0 aliphatic heterocycles. The molecule has 3 rings (SSSR count). The van der Waals surface area contributed by atoms with Crippen LogP contribution in [0.1, 0.15) is 25.2 Å². The highest BCUT2D eigenvalue weighted by atomic mass is 19.2. The summed E-state index contributed by atoms with van der Waals surface area (Å²) in [6, 6.07) is 4.40. The predicted octanol–water partition coefficient (Wildman–Crippen LogP) is 3.30. The largest absolute Gasteiger partial charge is 0.441 e. The van der Waals surface area contributed by atoms with Crippen LogP contribution < -0.4 is 5.32 Å². The first-order chi connectivity index (χ1) is 9.72. The van der Waals surface area contributed by atoms with Crippen molar-refractivity contribution in [2.24, 2.45) is 0 Å². The van der Waals surface area contributed by atoms with E-state index in [0.717, 1.165) is 31.5 Å². The molecule has 1 aliphatic rings. The molecule has 0 bridgehead atoms. The Morgan fingerprint density at radius 1 is 1.25 bits per heavy atom. The first kappa shape index (κ1) is 13.2. The molecule has 1 saturated carbocycles. The number of nitrogens with one attached hydrogen (secondary N) is 1. The van der Waals surface area contributed by atoms with Crippen LogP contribution >= 0.6 is 0 Å². The minimum atomic E-state index is -0.880. The fourth-order valence-electron chi connectivity index (χ4n) is 2.04. The van der Waals surface area contributed by atoms with Gasteiger partial charge in [0.05, 0.1) is 6.20 Å². The molecular formula is C15H16F2N2O. The quantitative estimate of drug-likeness (QED) is 0.824. The van der Waals surface area contributed by atoms with Crippen LogP contribution in [0.5, 0.6) is 0 Å². The average Bonchev–Trinajstić information content (AvgIpc) is 3.15. The van der Waals surface area contributed by atoms with Crippen molar-refractivity contribution in [1.29, 1.82) is 0 Å².